The van der Waals surface area contributed by atoms with Gasteiger partial charge >= 0.3 is 10.4 Å². The maximum absolute atomic E-state index is 11.0. The monoisotopic (exact) mass is 301 g/mol. The Balaban J connectivity index is 3.00. The summed E-state index contributed by atoms with van der Waals surface area (Å²) < 4.78 is 39.0. The molecule has 11 heteroatoms. The van der Waals surface area contributed by atoms with Gasteiger partial charge < -0.3 is 25.4 Å². The number of hydrogen-bond donors (Lipinski definition) is 5. The predicted octanol–water partition coefficient (Wildman–Crippen LogP) is -3.25. The van der Waals surface area contributed by atoms with Crippen molar-refractivity contribution in [3.63, 3.8) is 0 Å². The molecule has 0 unspecified atom stereocenters. The molecule has 1 amide bonds. The molecule has 1 saturated heterocycles. The second-order valence-corrected chi connectivity index (χ2v) is 5.00. The Labute approximate surface area is 108 Å². The van der Waals surface area contributed by atoms with E-state index in [1.165, 1.54) is 0 Å². The fraction of sp³-hybridized carbons (Fsp3) is 0.875. The number of ether oxygens (including phenoxy) is 1. The fourth-order valence-corrected chi connectivity index (χ4v) is 2.24. The van der Waals surface area contributed by atoms with Crippen LogP contribution in [-0.4, -0.2) is 71.4 Å². The number of carbonyl (C=O) groups excluding carboxylic acids is 1. The van der Waals surface area contributed by atoms with Gasteiger partial charge in [-0.25, -0.2) is 4.18 Å². The van der Waals surface area contributed by atoms with Crippen molar-refractivity contribution in [3.05, 3.63) is 0 Å². The fourth-order valence-electron chi connectivity index (χ4n) is 1.73. The molecule has 1 fully saturated rings. The summed E-state index contributed by atoms with van der Waals surface area (Å²) >= 11 is 0. The molecule has 1 rings (SSSR count). The molecule has 1 aliphatic heterocycles. The summed E-state index contributed by atoms with van der Waals surface area (Å²) in [5.41, 5.74) is 0. The van der Waals surface area contributed by atoms with Crippen LogP contribution in [0.1, 0.15) is 6.92 Å². The summed E-state index contributed by atoms with van der Waals surface area (Å²) in [6, 6.07) is -1.43. The predicted molar refractivity (Wildman–Crippen MR) is 58.0 cm³/mol. The Morgan fingerprint density at radius 2 is 2.00 bits per heavy atom. The number of carbonyl (C=O) groups is 1. The molecule has 0 bridgehead atoms. The molecule has 19 heavy (non-hydrogen) atoms. The lowest BCUT2D eigenvalue weighted by atomic mass is 9.97. The van der Waals surface area contributed by atoms with Gasteiger partial charge in [-0.3, -0.25) is 9.35 Å². The lowest BCUT2D eigenvalue weighted by Crippen LogP contribution is -2.65. The first-order valence-corrected chi connectivity index (χ1v) is 6.57. The Hall–Kier alpha value is -0.820. The standard InChI is InChI=1S/C8H15NO9S/c1-3(11)9-5-7(18-19(14,15)16)6(12)4(2-10)17-8(5)13/h4-8,10,12-13H,2H2,1H3,(H,9,11)(H,14,15,16)/t4-,5-,6-,7-,8+/m1/s1. The van der Waals surface area contributed by atoms with E-state index in [1.807, 2.05) is 0 Å². The van der Waals surface area contributed by atoms with Crippen LogP contribution in [0, 0.1) is 0 Å². The molecule has 0 aromatic rings. The molecule has 0 spiro atoms. The second-order valence-electron chi connectivity index (χ2n) is 3.95. The van der Waals surface area contributed by atoms with E-state index in [0.29, 0.717) is 0 Å². The Bertz CT molecular complexity index is 424. The number of rotatable bonds is 4. The van der Waals surface area contributed by atoms with Gasteiger partial charge in [0, 0.05) is 6.92 Å². The molecular weight excluding hydrogens is 286 g/mol. The summed E-state index contributed by atoms with van der Waals surface area (Å²) in [7, 11) is -4.94. The highest BCUT2D eigenvalue weighted by molar-refractivity contribution is 7.80. The zero-order valence-corrected chi connectivity index (χ0v) is 10.6. The van der Waals surface area contributed by atoms with Gasteiger partial charge in [0.15, 0.2) is 6.29 Å². The highest BCUT2D eigenvalue weighted by atomic mass is 32.3. The molecule has 5 atom stereocenters. The first-order valence-electron chi connectivity index (χ1n) is 5.21. The zero-order valence-electron chi connectivity index (χ0n) is 9.83. The van der Waals surface area contributed by atoms with Crippen LogP contribution in [0.25, 0.3) is 0 Å². The minimum absolute atomic E-state index is 0.647. The summed E-state index contributed by atoms with van der Waals surface area (Å²) in [5.74, 6) is -0.647. The van der Waals surface area contributed by atoms with Crippen LogP contribution in [0.3, 0.4) is 0 Å². The Morgan fingerprint density at radius 3 is 2.42 bits per heavy atom. The van der Waals surface area contributed by atoms with Crippen LogP contribution in [0.4, 0.5) is 0 Å². The molecule has 0 aromatic carbocycles. The lowest BCUT2D eigenvalue weighted by Gasteiger charge is -2.41. The van der Waals surface area contributed by atoms with Crippen molar-refractivity contribution in [1.29, 1.82) is 0 Å². The number of aliphatic hydroxyl groups excluding tert-OH is 3. The van der Waals surface area contributed by atoms with Crippen LogP contribution >= 0.6 is 0 Å². The first kappa shape index (κ1) is 16.2. The third kappa shape index (κ3) is 4.35. The van der Waals surface area contributed by atoms with Crippen molar-refractivity contribution in [1.82, 2.24) is 5.32 Å². The van der Waals surface area contributed by atoms with E-state index in [1.54, 1.807) is 0 Å². The molecule has 0 aromatic heterocycles. The molecule has 0 radical (unpaired) electrons. The summed E-state index contributed by atoms with van der Waals surface area (Å²) in [6.45, 7) is 0.359. The van der Waals surface area contributed by atoms with E-state index in [4.69, 9.17) is 14.4 Å². The highest BCUT2D eigenvalue weighted by Crippen LogP contribution is 2.23. The summed E-state index contributed by atoms with van der Waals surface area (Å²) in [4.78, 5) is 11.0. The number of aliphatic hydroxyl groups is 3. The van der Waals surface area contributed by atoms with Gasteiger partial charge in [-0.2, -0.15) is 8.42 Å². The van der Waals surface area contributed by atoms with E-state index in [2.05, 4.69) is 9.50 Å². The van der Waals surface area contributed by atoms with Crippen molar-refractivity contribution in [2.45, 2.75) is 37.6 Å². The summed E-state index contributed by atoms with van der Waals surface area (Å²) in [5, 5.41) is 30.4. The molecule has 1 aliphatic rings. The lowest BCUT2D eigenvalue weighted by molar-refractivity contribution is -0.249. The van der Waals surface area contributed by atoms with Crippen molar-refractivity contribution >= 4 is 16.3 Å². The van der Waals surface area contributed by atoms with Gasteiger partial charge in [-0.1, -0.05) is 0 Å². The van der Waals surface area contributed by atoms with Crippen LogP contribution < -0.4 is 5.32 Å². The number of hydrogen-bond acceptors (Lipinski definition) is 8. The average molecular weight is 301 g/mol. The topological polar surface area (TPSA) is 163 Å². The van der Waals surface area contributed by atoms with Gasteiger partial charge in [0.2, 0.25) is 5.91 Å². The van der Waals surface area contributed by atoms with E-state index < -0.39 is 53.6 Å². The van der Waals surface area contributed by atoms with Crippen molar-refractivity contribution < 1.29 is 42.0 Å². The van der Waals surface area contributed by atoms with Crippen molar-refractivity contribution in [2.75, 3.05) is 6.61 Å². The zero-order chi connectivity index (χ0) is 14.8. The average Bonchev–Trinajstić information content (AvgIpc) is 2.26. The molecule has 5 N–H and O–H groups in total. The second kappa shape index (κ2) is 6.09. The number of nitrogens with one attached hydrogen (secondary N) is 1. The molecule has 1 heterocycles. The van der Waals surface area contributed by atoms with Crippen molar-refractivity contribution in [2.24, 2.45) is 0 Å². The smallest absolute Gasteiger partial charge is 0.394 e. The maximum atomic E-state index is 11.0. The highest BCUT2D eigenvalue weighted by Gasteiger charge is 2.47. The molecule has 10 nitrogen and oxygen atoms in total. The van der Waals surface area contributed by atoms with Gasteiger partial charge in [0.05, 0.1) is 6.61 Å². The minimum atomic E-state index is -4.94. The van der Waals surface area contributed by atoms with Crippen LogP contribution in [0.15, 0.2) is 0 Å². The minimum Gasteiger partial charge on any atom is -0.394 e. The van der Waals surface area contributed by atoms with Gasteiger partial charge in [-0.15, -0.1) is 0 Å². The molecule has 0 saturated carbocycles. The third-order valence-electron chi connectivity index (χ3n) is 2.48. The summed E-state index contributed by atoms with van der Waals surface area (Å²) in [6.07, 6.45) is -6.45. The normalized spacial score (nSPS) is 35.9. The van der Waals surface area contributed by atoms with Crippen LogP contribution in [-0.2, 0) is 24.1 Å². The van der Waals surface area contributed by atoms with Crippen LogP contribution in [0.5, 0.6) is 0 Å². The third-order valence-corrected chi connectivity index (χ3v) is 2.94. The van der Waals surface area contributed by atoms with Gasteiger partial charge in [0.1, 0.15) is 24.4 Å². The van der Waals surface area contributed by atoms with E-state index in [-0.39, 0.29) is 0 Å². The van der Waals surface area contributed by atoms with E-state index >= 15 is 0 Å². The van der Waals surface area contributed by atoms with E-state index in [0.717, 1.165) is 6.92 Å². The van der Waals surface area contributed by atoms with Gasteiger partial charge in [-0.05, 0) is 0 Å². The van der Waals surface area contributed by atoms with Crippen molar-refractivity contribution in [3.8, 4) is 0 Å². The van der Waals surface area contributed by atoms with Gasteiger partial charge in [0.25, 0.3) is 0 Å². The molecule has 112 valence electrons. The Morgan fingerprint density at radius 1 is 1.42 bits per heavy atom. The molecule has 0 aliphatic carbocycles. The Kier molecular flexibility index (Phi) is 5.20. The van der Waals surface area contributed by atoms with E-state index in [9.17, 15) is 23.4 Å². The van der Waals surface area contributed by atoms with Crippen LogP contribution in [0.2, 0.25) is 0 Å². The first-order chi connectivity index (χ1) is 8.65. The molecular formula is C8H15NO9S. The largest absolute Gasteiger partial charge is 0.397 e. The quantitative estimate of drug-likeness (QED) is 0.335. The maximum Gasteiger partial charge on any atom is 0.397 e. The number of amides is 1. The SMILES string of the molecule is CC(=O)N[C@@H]1[C@@H](OS(=O)(=O)O)[C@H](O)[C@@H](CO)O[C@@H]1O.